The number of fused-ring (bicyclic) bond motifs is 1. The minimum absolute atomic E-state index is 0.0857. The number of rotatable bonds is 4. The van der Waals surface area contributed by atoms with Gasteiger partial charge in [-0.1, -0.05) is 6.07 Å². The summed E-state index contributed by atoms with van der Waals surface area (Å²) in [4.78, 5) is 12.0. The molecule has 0 aliphatic carbocycles. The van der Waals surface area contributed by atoms with Crippen LogP contribution in [0.4, 0.5) is 0 Å². The first-order chi connectivity index (χ1) is 9.72. The molecule has 1 aromatic carbocycles. The molecule has 0 bridgehead atoms. The van der Waals surface area contributed by atoms with Crippen molar-refractivity contribution in [2.75, 3.05) is 6.54 Å². The summed E-state index contributed by atoms with van der Waals surface area (Å²) in [6.07, 6.45) is 4.35. The highest BCUT2D eigenvalue weighted by molar-refractivity contribution is 5.97. The number of nitrogens with zero attached hydrogens (tertiary/aromatic N) is 3. The summed E-state index contributed by atoms with van der Waals surface area (Å²) >= 11 is 0. The zero-order chi connectivity index (χ0) is 13.9. The lowest BCUT2D eigenvalue weighted by molar-refractivity contribution is 0.0954. The summed E-state index contributed by atoms with van der Waals surface area (Å²) in [6, 6.07) is 7.43. The van der Waals surface area contributed by atoms with Crippen LogP contribution >= 0.6 is 0 Å². The van der Waals surface area contributed by atoms with Crippen LogP contribution in [-0.2, 0) is 13.5 Å². The smallest absolute Gasteiger partial charge is 0.251 e. The van der Waals surface area contributed by atoms with Gasteiger partial charge in [0.15, 0.2) is 0 Å². The van der Waals surface area contributed by atoms with Crippen molar-refractivity contribution in [1.82, 2.24) is 25.3 Å². The van der Waals surface area contributed by atoms with E-state index in [2.05, 4.69) is 20.6 Å². The molecule has 0 atom stereocenters. The number of carbonyl (C=O) groups is 1. The van der Waals surface area contributed by atoms with Gasteiger partial charge in [-0.25, -0.2) is 0 Å². The fraction of sp³-hybridized carbons (Fsp3) is 0.214. The Bertz CT molecular complexity index is 743. The Morgan fingerprint density at radius 3 is 3.10 bits per heavy atom. The second-order valence-electron chi connectivity index (χ2n) is 4.66. The van der Waals surface area contributed by atoms with Gasteiger partial charge in [-0.2, -0.15) is 10.2 Å². The third kappa shape index (κ3) is 2.54. The van der Waals surface area contributed by atoms with E-state index >= 15 is 0 Å². The molecule has 0 radical (unpaired) electrons. The fourth-order valence-electron chi connectivity index (χ4n) is 2.08. The lowest BCUT2D eigenvalue weighted by Gasteiger charge is -2.04. The van der Waals surface area contributed by atoms with Gasteiger partial charge in [0, 0.05) is 37.2 Å². The lowest BCUT2D eigenvalue weighted by atomic mass is 10.1. The fourth-order valence-corrected chi connectivity index (χ4v) is 2.08. The highest BCUT2D eigenvalue weighted by atomic mass is 16.1. The number of H-pyrrole nitrogens is 1. The van der Waals surface area contributed by atoms with Gasteiger partial charge in [-0.15, -0.1) is 0 Å². The van der Waals surface area contributed by atoms with Crippen LogP contribution in [0.2, 0.25) is 0 Å². The standard InChI is InChI=1S/C14H15N5O/c1-19-7-5-12(18-19)4-6-15-14(20)10-2-3-11-9-16-17-13(11)8-10/h2-3,5,7-9H,4,6H2,1H3,(H,15,20)(H,16,17). The van der Waals surface area contributed by atoms with Crippen LogP contribution in [0, 0.1) is 0 Å². The van der Waals surface area contributed by atoms with E-state index in [4.69, 9.17) is 0 Å². The molecule has 2 aromatic heterocycles. The van der Waals surface area contributed by atoms with Crippen molar-refractivity contribution >= 4 is 16.8 Å². The summed E-state index contributed by atoms with van der Waals surface area (Å²) in [5.74, 6) is -0.0857. The van der Waals surface area contributed by atoms with Gasteiger partial charge in [-0.3, -0.25) is 14.6 Å². The van der Waals surface area contributed by atoms with Crippen LogP contribution < -0.4 is 5.32 Å². The van der Waals surface area contributed by atoms with Crippen LogP contribution in [-0.4, -0.2) is 32.4 Å². The van der Waals surface area contributed by atoms with Crippen molar-refractivity contribution < 1.29 is 4.79 Å². The number of hydrogen-bond acceptors (Lipinski definition) is 3. The summed E-state index contributed by atoms with van der Waals surface area (Å²) in [6.45, 7) is 0.566. The summed E-state index contributed by atoms with van der Waals surface area (Å²) in [5, 5.41) is 14.9. The Morgan fingerprint density at radius 1 is 1.40 bits per heavy atom. The quantitative estimate of drug-likeness (QED) is 0.749. The van der Waals surface area contributed by atoms with Crippen LogP contribution in [0.1, 0.15) is 16.1 Å². The SMILES string of the molecule is Cn1ccc(CCNC(=O)c2ccc3cn[nH]c3c2)n1. The average Bonchev–Trinajstić information content (AvgIpc) is 3.06. The maximum atomic E-state index is 12.0. The van der Waals surface area contributed by atoms with Crippen molar-refractivity contribution in [2.24, 2.45) is 7.05 Å². The molecular weight excluding hydrogens is 254 g/mol. The molecule has 20 heavy (non-hydrogen) atoms. The minimum Gasteiger partial charge on any atom is -0.352 e. The Labute approximate surface area is 115 Å². The molecule has 0 saturated carbocycles. The molecular formula is C14H15N5O. The van der Waals surface area contributed by atoms with Crippen molar-refractivity contribution in [1.29, 1.82) is 0 Å². The van der Waals surface area contributed by atoms with E-state index in [0.717, 1.165) is 23.0 Å². The van der Waals surface area contributed by atoms with E-state index in [9.17, 15) is 4.79 Å². The zero-order valence-corrected chi connectivity index (χ0v) is 11.1. The zero-order valence-electron chi connectivity index (χ0n) is 11.1. The molecule has 0 saturated heterocycles. The van der Waals surface area contributed by atoms with Gasteiger partial charge in [0.25, 0.3) is 5.91 Å². The largest absolute Gasteiger partial charge is 0.352 e. The van der Waals surface area contributed by atoms with Crippen LogP contribution in [0.5, 0.6) is 0 Å². The van der Waals surface area contributed by atoms with E-state index in [1.54, 1.807) is 23.0 Å². The molecule has 0 unspecified atom stereocenters. The maximum absolute atomic E-state index is 12.0. The van der Waals surface area contributed by atoms with Crippen LogP contribution in [0.25, 0.3) is 10.9 Å². The van der Waals surface area contributed by atoms with Crippen molar-refractivity contribution in [3.05, 3.63) is 47.9 Å². The van der Waals surface area contributed by atoms with E-state index in [1.165, 1.54) is 0 Å². The number of benzene rings is 1. The average molecular weight is 269 g/mol. The predicted molar refractivity (Wildman–Crippen MR) is 75.3 cm³/mol. The third-order valence-corrected chi connectivity index (χ3v) is 3.14. The third-order valence-electron chi connectivity index (χ3n) is 3.14. The van der Waals surface area contributed by atoms with E-state index in [1.807, 2.05) is 25.4 Å². The lowest BCUT2D eigenvalue weighted by Crippen LogP contribution is -2.25. The van der Waals surface area contributed by atoms with Crippen LogP contribution in [0.3, 0.4) is 0 Å². The number of amides is 1. The number of aromatic amines is 1. The van der Waals surface area contributed by atoms with Gasteiger partial charge >= 0.3 is 0 Å². The molecule has 2 N–H and O–H groups in total. The number of hydrogen-bond donors (Lipinski definition) is 2. The molecule has 0 spiro atoms. The van der Waals surface area contributed by atoms with Crippen molar-refractivity contribution in [2.45, 2.75) is 6.42 Å². The molecule has 0 aliphatic heterocycles. The van der Waals surface area contributed by atoms with Crippen molar-refractivity contribution in [3.63, 3.8) is 0 Å². The van der Waals surface area contributed by atoms with E-state index in [-0.39, 0.29) is 5.91 Å². The summed E-state index contributed by atoms with van der Waals surface area (Å²) < 4.78 is 1.75. The van der Waals surface area contributed by atoms with Gasteiger partial charge in [-0.05, 0) is 18.2 Å². The molecule has 6 heteroatoms. The molecule has 3 aromatic rings. The molecule has 3 rings (SSSR count). The minimum atomic E-state index is -0.0857. The number of carbonyl (C=O) groups excluding carboxylic acids is 1. The molecule has 1 amide bonds. The number of aryl methyl sites for hydroxylation is 1. The van der Waals surface area contributed by atoms with Gasteiger partial charge in [0.05, 0.1) is 17.4 Å². The van der Waals surface area contributed by atoms with E-state index < -0.39 is 0 Å². The van der Waals surface area contributed by atoms with Gasteiger partial charge < -0.3 is 5.32 Å². The first-order valence-electron chi connectivity index (χ1n) is 6.42. The Hall–Kier alpha value is -2.63. The first-order valence-corrected chi connectivity index (χ1v) is 6.42. The molecule has 102 valence electrons. The van der Waals surface area contributed by atoms with Gasteiger partial charge in [0.2, 0.25) is 0 Å². The highest BCUT2D eigenvalue weighted by Gasteiger charge is 2.07. The number of aromatic nitrogens is 4. The second kappa shape index (κ2) is 5.16. The molecule has 2 heterocycles. The van der Waals surface area contributed by atoms with Gasteiger partial charge in [0.1, 0.15) is 0 Å². The monoisotopic (exact) mass is 269 g/mol. The first kappa shape index (κ1) is 12.4. The maximum Gasteiger partial charge on any atom is 0.251 e. The Morgan fingerprint density at radius 2 is 2.30 bits per heavy atom. The predicted octanol–water partition coefficient (Wildman–Crippen LogP) is 1.27. The molecule has 0 aliphatic rings. The van der Waals surface area contributed by atoms with Crippen molar-refractivity contribution in [3.8, 4) is 0 Å². The number of nitrogens with one attached hydrogen (secondary N) is 2. The summed E-state index contributed by atoms with van der Waals surface area (Å²) in [7, 11) is 1.88. The summed E-state index contributed by atoms with van der Waals surface area (Å²) in [5.41, 5.74) is 2.46. The Balaban J connectivity index is 1.61. The second-order valence-corrected chi connectivity index (χ2v) is 4.66. The normalized spacial score (nSPS) is 10.8. The molecule has 6 nitrogen and oxygen atoms in total. The topological polar surface area (TPSA) is 75.6 Å². The highest BCUT2D eigenvalue weighted by Crippen LogP contribution is 2.12. The van der Waals surface area contributed by atoms with Crippen LogP contribution in [0.15, 0.2) is 36.7 Å². The Kier molecular flexibility index (Phi) is 3.20. The van der Waals surface area contributed by atoms with E-state index in [0.29, 0.717) is 12.1 Å². The molecule has 0 fully saturated rings.